The summed E-state index contributed by atoms with van der Waals surface area (Å²) in [6, 6.07) is 14.5. The highest BCUT2D eigenvalue weighted by Gasteiger charge is 2.34. The fourth-order valence-electron chi connectivity index (χ4n) is 2.96. The van der Waals surface area contributed by atoms with E-state index < -0.39 is 0 Å². The first-order valence-corrected chi connectivity index (χ1v) is 9.68. The van der Waals surface area contributed by atoms with Crippen LogP contribution in [0.15, 0.2) is 48.5 Å². The Bertz CT molecular complexity index is 922. The van der Waals surface area contributed by atoms with Gasteiger partial charge in [-0.1, -0.05) is 38.1 Å². The first kappa shape index (κ1) is 20.5. The average molecular weight is 410 g/mol. The Morgan fingerprint density at radius 1 is 0.966 bits per heavy atom. The monoisotopic (exact) mass is 410 g/mol. The molecule has 0 bridgehead atoms. The quantitative estimate of drug-likeness (QED) is 0.399. The van der Waals surface area contributed by atoms with Crippen LogP contribution in [0.5, 0.6) is 0 Å². The molecular formula is C21H22N4O3S. The van der Waals surface area contributed by atoms with Gasteiger partial charge < -0.3 is 5.32 Å². The summed E-state index contributed by atoms with van der Waals surface area (Å²) in [6.45, 7) is 4.23. The predicted octanol–water partition coefficient (Wildman–Crippen LogP) is 2.81. The van der Waals surface area contributed by atoms with Gasteiger partial charge in [-0.25, -0.2) is 0 Å². The van der Waals surface area contributed by atoms with Gasteiger partial charge in [-0.3, -0.25) is 30.1 Å². The maximum Gasteiger partial charge on any atom is 0.261 e. The maximum absolute atomic E-state index is 12.3. The van der Waals surface area contributed by atoms with E-state index in [1.807, 2.05) is 24.3 Å². The van der Waals surface area contributed by atoms with Crippen molar-refractivity contribution in [2.45, 2.75) is 26.2 Å². The summed E-state index contributed by atoms with van der Waals surface area (Å²) in [4.78, 5) is 37.7. The van der Waals surface area contributed by atoms with Crippen molar-refractivity contribution < 1.29 is 14.4 Å². The number of rotatable bonds is 5. The Balaban J connectivity index is 1.44. The lowest BCUT2D eigenvalue weighted by Crippen LogP contribution is -2.45. The molecule has 150 valence electrons. The molecule has 2 aromatic rings. The van der Waals surface area contributed by atoms with Crippen molar-refractivity contribution in [3.8, 4) is 0 Å². The Morgan fingerprint density at radius 3 is 2.10 bits per heavy atom. The van der Waals surface area contributed by atoms with Crippen LogP contribution in [0.1, 0.15) is 52.5 Å². The number of carbonyl (C=O) groups excluding carboxylic acids is 3. The number of benzene rings is 2. The summed E-state index contributed by atoms with van der Waals surface area (Å²) >= 11 is 5.16. The summed E-state index contributed by atoms with van der Waals surface area (Å²) in [6.07, 6.45) is -0.0375. The molecule has 0 saturated carbocycles. The third kappa shape index (κ3) is 4.78. The molecule has 3 amide bonds. The van der Waals surface area contributed by atoms with E-state index in [1.165, 1.54) is 5.56 Å². The fourth-order valence-corrected chi connectivity index (χ4v) is 3.13. The van der Waals surface area contributed by atoms with Crippen LogP contribution in [0.3, 0.4) is 0 Å². The predicted molar refractivity (Wildman–Crippen MR) is 114 cm³/mol. The van der Waals surface area contributed by atoms with Gasteiger partial charge in [0.15, 0.2) is 5.11 Å². The molecule has 0 unspecified atom stereocenters. The zero-order chi connectivity index (χ0) is 21.0. The number of hydrogen-bond donors (Lipinski definition) is 3. The minimum Gasteiger partial charge on any atom is -0.331 e. The Hall–Kier alpha value is -3.26. The second kappa shape index (κ2) is 8.83. The lowest BCUT2D eigenvalue weighted by Gasteiger charge is -2.15. The van der Waals surface area contributed by atoms with Crippen molar-refractivity contribution >= 4 is 40.7 Å². The van der Waals surface area contributed by atoms with Crippen LogP contribution in [-0.4, -0.2) is 34.3 Å². The van der Waals surface area contributed by atoms with Crippen LogP contribution in [0.25, 0.3) is 0 Å². The summed E-state index contributed by atoms with van der Waals surface area (Å²) in [5.74, 6) is -0.710. The Kier molecular flexibility index (Phi) is 6.23. The number of imide groups is 1. The van der Waals surface area contributed by atoms with Crippen molar-refractivity contribution in [2.75, 3.05) is 11.9 Å². The van der Waals surface area contributed by atoms with Gasteiger partial charge in [0.1, 0.15) is 0 Å². The van der Waals surface area contributed by atoms with E-state index in [0.29, 0.717) is 17.0 Å². The first-order chi connectivity index (χ1) is 13.9. The molecule has 0 atom stereocenters. The molecule has 0 spiro atoms. The van der Waals surface area contributed by atoms with Crippen LogP contribution in [0.2, 0.25) is 0 Å². The third-order valence-electron chi connectivity index (χ3n) is 4.59. The van der Waals surface area contributed by atoms with Crippen LogP contribution in [0.4, 0.5) is 5.69 Å². The summed E-state index contributed by atoms with van der Waals surface area (Å²) in [5, 5.41) is 3.21. The molecule has 3 rings (SSSR count). The molecule has 1 heterocycles. The second-order valence-electron chi connectivity index (χ2n) is 6.96. The number of amides is 3. The van der Waals surface area contributed by atoms with Gasteiger partial charge in [-0.2, -0.15) is 0 Å². The van der Waals surface area contributed by atoms with E-state index >= 15 is 0 Å². The van der Waals surface area contributed by atoms with Crippen LogP contribution in [-0.2, 0) is 4.79 Å². The smallest absolute Gasteiger partial charge is 0.261 e. The largest absolute Gasteiger partial charge is 0.331 e. The van der Waals surface area contributed by atoms with Crippen molar-refractivity contribution in [2.24, 2.45) is 0 Å². The molecule has 0 radical (unpaired) electrons. The number of anilines is 1. The van der Waals surface area contributed by atoms with Crippen LogP contribution < -0.4 is 16.2 Å². The van der Waals surface area contributed by atoms with E-state index in [-0.39, 0.29) is 35.8 Å². The van der Waals surface area contributed by atoms with Crippen LogP contribution in [0, 0.1) is 0 Å². The molecule has 3 N–H and O–H groups in total. The van der Waals surface area contributed by atoms with E-state index in [9.17, 15) is 14.4 Å². The average Bonchev–Trinajstić information content (AvgIpc) is 2.95. The van der Waals surface area contributed by atoms with Crippen molar-refractivity contribution in [3.63, 3.8) is 0 Å². The SMILES string of the molecule is CC(C)c1ccc(NC(=S)NNC(=O)CCN2C(=O)c3ccccc3C2=O)cc1. The summed E-state index contributed by atoms with van der Waals surface area (Å²) < 4.78 is 0. The molecule has 0 aromatic heterocycles. The molecule has 0 saturated heterocycles. The van der Waals surface area contributed by atoms with Gasteiger partial charge in [0, 0.05) is 18.7 Å². The minimum atomic E-state index is -0.388. The van der Waals surface area contributed by atoms with E-state index in [4.69, 9.17) is 12.2 Å². The lowest BCUT2D eigenvalue weighted by molar-refractivity contribution is -0.121. The van der Waals surface area contributed by atoms with Gasteiger partial charge in [0.2, 0.25) is 5.91 Å². The number of nitrogens with zero attached hydrogens (tertiary/aromatic N) is 1. The molecule has 0 aliphatic carbocycles. The van der Waals surface area contributed by atoms with Gasteiger partial charge in [-0.05, 0) is 48.0 Å². The Labute approximate surface area is 174 Å². The highest BCUT2D eigenvalue weighted by Crippen LogP contribution is 2.22. The van der Waals surface area contributed by atoms with E-state index in [0.717, 1.165) is 10.6 Å². The van der Waals surface area contributed by atoms with Gasteiger partial charge in [-0.15, -0.1) is 0 Å². The third-order valence-corrected chi connectivity index (χ3v) is 4.80. The van der Waals surface area contributed by atoms with Gasteiger partial charge in [0.25, 0.3) is 11.8 Å². The number of carbonyl (C=O) groups is 3. The molecule has 8 heteroatoms. The lowest BCUT2D eigenvalue weighted by atomic mass is 10.0. The molecule has 1 aliphatic rings. The zero-order valence-corrected chi connectivity index (χ0v) is 17.0. The fraction of sp³-hybridized carbons (Fsp3) is 0.238. The molecular weight excluding hydrogens is 388 g/mol. The van der Waals surface area contributed by atoms with Gasteiger partial charge in [0.05, 0.1) is 11.1 Å². The summed E-state index contributed by atoms with van der Waals surface area (Å²) in [7, 11) is 0. The number of hydrogen-bond acceptors (Lipinski definition) is 4. The zero-order valence-electron chi connectivity index (χ0n) is 16.2. The number of hydrazine groups is 1. The van der Waals surface area contributed by atoms with Crippen molar-refractivity contribution in [3.05, 3.63) is 65.2 Å². The molecule has 7 nitrogen and oxygen atoms in total. The molecule has 29 heavy (non-hydrogen) atoms. The standard InChI is InChI=1S/C21H22N4O3S/c1-13(2)14-7-9-15(10-8-14)22-21(29)24-23-18(26)11-12-25-19(27)16-5-3-4-6-17(16)20(25)28/h3-10,13H,11-12H2,1-2H3,(H,23,26)(H2,22,24,29). The molecule has 2 aromatic carbocycles. The highest BCUT2D eigenvalue weighted by molar-refractivity contribution is 7.80. The van der Waals surface area contributed by atoms with E-state index in [1.54, 1.807) is 24.3 Å². The van der Waals surface area contributed by atoms with Crippen molar-refractivity contribution in [1.29, 1.82) is 0 Å². The minimum absolute atomic E-state index is 0.00326. The number of fused-ring (bicyclic) bond motifs is 1. The van der Waals surface area contributed by atoms with Gasteiger partial charge >= 0.3 is 0 Å². The highest BCUT2D eigenvalue weighted by atomic mass is 32.1. The number of nitrogens with one attached hydrogen (secondary N) is 3. The van der Waals surface area contributed by atoms with E-state index in [2.05, 4.69) is 30.0 Å². The molecule has 1 aliphatic heterocycles. The topological polar surface area (TPSA) is 90.5 Å². The molecule has 0 fully saturated rings. The number of thiocarbonyl (C=S) groups is 1. The Morgan fingerprint density at radius 2 is 1.55 bits per heavy atom. The summed E-state index contributed by atoms with van der Waals surface area (Å²) in [5.41, 5.74) is 7.83. The maximum atomic E-state index is 12.3. The van der Waals surface area contributed by atoms with Crippen LogP contribution >= 0.6 is 12.2 Å². The van der Waals surface area contributed by atoms with Crippen molar-refractivity contribution in [1.82, 2.24) is 15.8 Å². The first-order valence-electron chi connectivity index (χ1n) is 9.28. The normalized spacial score (nSPS) is 12.7. The second-order valence-corrected chi connectivity index (χ2v) is 7.37.